The highest BCUT2D eigenvalue weighted by Crippen LogP contribution is 2.33. The van der Waals surface area contributed by atoms with Crippen molar-refractivity contribution in [3.63, 3.8) is 0 Å². The monoisotopic (exact) mass is 238 g/mol. The largest absolute Gasteiger partial charge is 0.393 e. The Bertz CT molecular complexity index is 206. The van der Waals surface area contributed by atoms with Gasteiger partial charge in [-0.25, -0.2) is 0 Å². The number of likely N-dealkylation sites (tertiary alicyclic amines) is 1. The predicted molar refractivity (Wildman–Crippen MR) is 58.1 cm³/mol. The first-order valence-corrected chi connectivity index (χ1v) is 5.92. The number of nitrogens with two attached hydrogens (primary N) is 1. The van der Waals surface area contributed by atoms with Gasteiger partial charge < -0.3 is 10.6 Å². The van der Waals surface area contributed by atoms with Crippen LogP contribution in [-0.4, -0.2) is 37.3 Å². The summed E-state index contributed by atoms with van der Waals surface area (Å²) in [7, 11) is 0. The summed E-state index contributed by atoms with van der Waals surface area (Å²) in [5, 5.41) is 0. The number of piperidine rings is 1. The van der Waals surface area contributed by atoms with E-state index in [1.165, 1.54) is 0 Å². The Kier molecular flexibility index (Phi) is 5.05. The average molecular weight is 238 g/mol. The molecule has 1 heterocycles. The molecule has 16 heavy (non-hydrogen) atoms. The summed E-state index contributed by atoms with van der Waals surface area (Å²) in [6, 6.07) is 0. The number of hydrogen-bond acceptors (Lipinski definition) is 2. The summed E-state index contributed by atoms with van der Waals surface area (Å²) in [6.45, 7) is 4.35. The van der Waals surface area contributed by atoms with Crippen LogP contribution in [0.25, 0.3) is 0 Å². The van der Waals surface area contributed by atoms with Gasteiger partial charge in [-0.05, 0) is 38.3 Å². The van der Waals surface area contributed by atoms with Crippen molar-refractivity contribution in [3.8, 4) is 0 Å². The van der Waals surface area contributed by atoms with Crippen molar-refractivity contribution in [2.24, 2.45) is 17.6 Å². The smallest absolute Gasteiger partial charge is 0.330 e. The number of alkyl halides is 3. The molecular weight excluding hydrogens is 217 g/mol. The van der Waals surface area contributed by atoms with Gasteiger partial charge in [-0.2, -0.15) is 13.2 Å². The third kappa shape index (κ3) is 4.29. The van der Waals surface area contributed by atoms with Crippen LogP contribution in [-0.2, 0) is 0 Å². The van der Waals surface area contributed by atoms with E-state index in [9.17, 15) is 13.2 Å². The summed E-state index contributed by atoms with van der Waals surface area (Å²) in [5.74, 6) is -0.747. The van der Waals surface area contributed by atoms with Crippen molar-refractivity contribution in [2.45, 2.75) is 32.4 Å². The first-order valence-electron chi connectivity index (χ1n) is 5.92. The van der Waals surface area contributed by atoms with Gasteiger partial charge in [-0.1, -0.05) is 6.92 Å². The molecule has 0 radical (unpaired) electrons. The quantitative estimate of drug-likeness (QED) is 0.814. The van der Waals surface area contributed by atoms with E-state index in [2.05, 4.69) is 0 Å². The van der Waals surface area contributed by atoms with Crippen molar-refractivity contribution < 1.29 is 13.2 Å². The van der Waals surface area contributed by atoms with Crippen LogP contribution in [0, 0.1) is 11.8 Å². The van der Waals surface area contributed by atoms with Gasteiger partial charge in [0.25, 0.3) is 0 Å². The lowest BCUT2D eigenvalue weighted by Crippen LogP contribution is -2.43. The Morgan fingerprint density at radius 3 is 2.69 bits per heavy atom. The maximum atomic E-state index is 12.6. The molecule has 1 saturated heterocycles. The normalized spacial score (nSPS) is 25.7. The molecule has 1 rings (SSSR count). The Labute approximate surface area is 95.0 Å². The molecule has 0 spiro atoms. The van der Waals surface area contributed by atoms with Crippen molar-refractivity contribution >= 4 is 0 Å². The topological polar surface area (TPSA) is 29.3 Å². The van der Waals surface area contributed by atoms with Crippen molar-refractivity contribution in [2.75, 3.05) is 26.2 Å². The molecule has 0 aromatic rings. The maximum absolute atomic E-state index is 12.6. The summed E-state index contributed by atoms with van der Waals surface area (Å²) in [4.78, 5) is 1.93. The molecule has 2 N–H and O–H groups in total. The highest BCUT2D eigenvalue weighted by Gasteiger charge is 2.41. The van der Waals surface area contributed by atoms with Gasteiger partial charge >= 0.3 is 6.18 Å². The zero-order valence-electron chi connectivity index (χ0n) is 9.76. The van der Waals surface area contributed by atoms with Crippen LogP contribution in [0.4, 0.5) is 13.2 Å². The van der Waals surface area contributed by atoms with Gasteiger partial charge in [-0.3, -0.25) is 0 Å². The second-order valence-electron chi connectivity index (χ2n) is 4.82. The minimum absolute atomic E-state index is 0.165. The van der Waals surface area contributed by atoms with Gasteiger partial charge in [0.2, 0.25) is 0 Å². The van der Waals surface area contributed by atoms with Crippen LogP contribution in [0.3, 0.4) is 0 Å². The van der Waals surface area contributed by atoms with Crippen LogP contribution in [0.2, 0.25) is 0 Å². The molecule has 96 valence electrons. The first-order chi connectivity index (χ1) is 7.43. The lowest BCUT2D eigenvalue weighted by atomic mass is 9.96. The summed E-state index contributed by atoms with van der Waals surface area (Å²) in [6.07, 6.45) is -2.21. The van der Waals surface area contributed by atoms with Crippen LogP contribution < -0.4 is 5.73 Å². The predicted octanol–water partition coefficient (Wildman–Crippen LogP) is 2.25. The van der Waals surface area contributed by atoms with E-state index in [-0.39, 0.29) is 13.0 Å². The fraction of sp³-hybridized carbons (Fsp3) is 1.00. The number of hydrogen-bond donors (Lipinski definition) is 1. The summed E-state index contributed by atoms with van der Waals surface area (Å²) >= 11 is 0. The molecule has 1 fully saturated rings. The molecule has 0 aliphatic carbocycles. The Morgan fingerprint density at radius 2 is 2.12 bits per heavy atom. The van der Waals surface area contributed by atoms with E-state index in [0.717, 1.165) is 19.5 Å². The zero-order valence-corrected chi connectivity index (χ0v) is 9.76. The summed E-state index contributed by atoms with van der Waals surface area (Å²) < 4.78 is 37.7. The van der Waals surface area contributed by atoms with Crippen LogP contribution in [0.5, 0.6) is 0 Å². The van der Waals surface area contributed by atoms with Gasteiger partial charge in [0.1, 0.15) is 0 Å². The van der Waals surface area contributed by atoms with Gasteiger partial charge in [-0.15, -0.1) is 0 Å². The van der Waals surface area contributed by atoms with Crippen molar-refractivity contribution in [1.29, 1.82) is 0 Å². The van der Waals surface area contributed by atoms with Gasteiger partial charge in [0.05, 0.1) is 5.92 Å². The third-order valence-electron chi connectivity index (χ3n) is 3.20. The third-order valence-corrected chi connectivity index (χ3v) is 3.20. The Hall–Kier alpha value is -0.290. The fourth-order valence-corrected chi connectivity index (χ4v) is 2.31. The van der Waals surface area contributed by atoms with E-state index in [4.69, 9.17) is 5.73 Å². The van der Waals surface area contributed by atoms with E-state index in [1.54, 1.807) is 0 Å². The Morgan fingerprint density at radius 1 is 1.44 bits per heavy atom. The van der Waals surface area contributed by atoms with Crippen molar-refractivity contribution in [3.05, 3.63) is 0 Å². The van der Waals surface area contributed by atoms with E-state index < -0.39 is 12.1 Å². The van der Waals surface area contributed by atoms with Crippen LogP contribution in [0.15, 0.2) is 0 Å². The highest BCUT2D eigenvalue weighted by atomic mass is 19.4. The van der Waals surface area contributed by atoms with Crippen LogP contribution >= 0.6 is 0 Å². The lowest BCUT2D eigenvalue weighted by Gasteiger charge is -2.35. The van der Waals surface area contributed by atoms with E-state index in [1.807, 2.05) is 11.8 Å². The Balaban J connectivity index is 2.39. The number of nitrogens with zero attached hydrogens (tertiary/aromatic N) is 1. The number of halogens is 3. The minimum atomic E-state index is -4.03. The molecule has 0 amide bonds. The fourth-order valence-electron chi connectivity index (χ4n) is 2.31. The van der Waals surface area contributed by atoms with E-state index >= 15 is 0 Å². The molecule has 2 nitrogen and oxygen atoms in total. The maximum Gasteiger partial charge on any atom is 0.393 e. The molecule has 1 aliphatic rings. The van der Waals surface area contributed by atoms with Crippen molar-refractivity contribution in [1.82, 2.24) is 4.90 Å². The van der Waals surface area contributed by atoms with Crippen LogP contribution in [0.1, 0.15) is 26.2 Å². The second kappa shape index (κ2) is 5.87. The lowest BCUT2D eigenvalue weighted by molar-refractivity contribution is -0.187. The first kappa shape index (κ1) is 13.8. The van der Waals surface area contributed by atoms with Gasteiger partial charge in [0, 0.05) is 13.1 Å². The zero-order chi connectivity index (χ0) is 12.2. The SMILES string of the molecule is CC(CCN)CN1CCCC(C(F)(F)F)C1. The molecule has 2 unspecified atom stereocenters. The van der Waals surface area contributed by atoms with E-state index in [0.29, 0.717) is 18.9 Å². The molecule has 0 saturated carbocycles. The molecule has 5 heteroatoms. The average Bonchev–Trinajstić information content (AvgIpc) is 2.17. The standard InChI is InChI=1S/C11H21F3N2/c1-9(4-5-15)7-16-6-2-3-10(8-16)11(12,13)14/h9-10H,2-8,15H2,1H3. The number of rotatable bonds is 4. The molecule has 0 aromatic carbocycles. The molecule has 0 bridgehead atoms. The molecular formula is C11H21F3N2. The molecule has 2 atom stereocenters. The van der Waals surface area contributed by atoms with Gasteiger partial charge in [0.15, 0.2) is 0 Å². The molecule has 0 aromatic heterocycles. The summed E-state index contributed by atoms with van der Waals surface area (Å²) in [5.41, 5.74) is 5.43. The highest BCUT2D eigenvalue weighted by molar-refractivity contribution is 4.78. The molecule has 1 aliphatic heterocycles. The second-order valence-corrected chi connectivity index (χ2v) is 4.82. The minimum Gasteiger partial charge on any atom is -0.330 e.